The van der Waals surface area contributed by atoms with E-state index < -0.39 is 0 Å². The minimum Gasteiger partial charge on any atom is -0.508 e. The van der Waals surface area contributed by atoms with Crippen molar-refractivity contribution in [2.24, 2.45) is 0 Å². The van der Waals surface area contributed by atoms with E-state index in [4.69, 9.17) is 24.7 Å². The molecule has 0 radical (unpaired) electrons. The third-order valence-electron chi connectivity index (χ3n) is 28.3. The second-order valence-electron chi connectivity index (χ2n) is 38.0. The van der Waals surface area contributed by atoms with E-state index in [2.05, 4.69) is 129 Å². The van der Waals surface area contributed by atoms with Gasteiger partial charge in [-0.2, -0.15) is 0 Å². The highest BCUT2D eigenvalue weighted by Gasteiger charge is 2.33. The van der Waals surface area contributed by atoms with Gasteiger partial charge in [-0.3, -0.25) is 24.0 Å². The number of carbonyl (C=O) groups is 4. The molecule has 14 heteroatoms. The molecule has 1 heterocycles. The average Bonchev–Trinajstić information content (AvgIpc) is 0.697. The van der Waals surface area contributed by atoms with Crippen molar-refractivity contribution in [3.8, 4) is 73.3 Å². The van der Waals surface area contributed by atoms with Gasteiger partial charge in [0, 0.05) is 114 Å². The molecule has 0 saturated carbocycles. The lowest BCUT2D eigenvalue weighted by Crippen LogP contribution is -2.10. The molecule has 0 spiro atoms. The number of anilines is 1. The number of hydrogen-bond donors (Lipinski definition) is 2. The van der Waals surface area contributed by atoms with Crippen LogP contribution in [0.1, 0.15) is 245 Å². The van der Waals surface area contributed by atoms with Crippen LogP contribution in [0.4, 0.5) is 5.69 Å². The first-order valence-corrected chi connectivity index (χ1v) is 54.0. The summed E-state index contributed by atoms with van der Waals surface area (Å²) in [6, 6.07) is 97.3. The van der Waals surface area contributed by atoms with Crippen molar-refractivity contribution in [2.45, 2.75) is 192 Å². The van der Waals surface area contributed by atoms with Crippen molar-refractivity contribution in [2.75, 3.05) is 32.2 Å². The van der Waals surface area contributed by atoms with E-state index in [1.165, 1.54) is 149 Å². The number of ketones is 4. The summed E-state index contributed by atoms with van der Waals surface area (Å²) >= 11 is 7.12. The van der Waals surface area contributed by atoms with E-state index in [1.807, 2.05) is 200 Å². The fourth-order valence-corrected chi connectivity index (χ4v) is 24.0. The van der Waals surface area contributed by atoms with Crippen LogP contribution >= 0.6 is 39.0 Å². The summed E-state index contributed by atoms with van der Waals surface area (Å²) in [5.41, 5.74) is 21.3. The van der Waals surface area contributed by atoms with Gasteiger partial charge < -0.3 is 29.8 Å². The zero-order valence-electron chi connectivity index (χ0n) is 82.0. The number of para-hydroxylation sites is 1. The van der Waals surface area contributed by atoms with Gasteiger partial charge in [0.05, 0.1) is 40.5 Å². The van der Waals surface area contributed by atoms with Crippen LogP contribution in [0.15, 0.2) is 316 Å². The Morgan fingerprint density at radius 1 is 0.280 bits per heavy atom. The van der Waals surface area contributed by atoms with Gasteiger partial charge in [0.2, 0.25) is 0 Å². The lowest BCUT2D eigenvalue weighted by molar-refractivity contribution is 0.103. The molecule has 1 aromatic heterocycles. The molecule has 0 bridgehead atoms. The number of halogens is 1. The van der Waals surface area contributed by atoms with Crippen LogP contribution in [0.5, 0.6) is 28.7 Å². The van der Waals surface area contributed by atoms with E-state index in [0.717, 1.165) is 241 Å². The molecular formula is C129H120BrNO10S2. The first-order valence-electron chi connectivity index (χ1n) is 51.6. The van der Waals surface area contributed by atoms with Gasteiger partial charge >= 0.3 is 0 Å². The number of phenols is 1. The maximum Gasteiger partial charge on any atom is 0.194 e. The number of nitrogen functional groups attached to an aromatic ring is 1. The van der Waals surface area contributed by atoms with Crippen molar-refractivity contribution >= 4 is 163 Å². The van der Waals surface area contributed by atoms with E-state index in [0.29, 0.717) is 17.7 Å². The Kier molecular flexibility index (Phi) is 31.3. The average molecular weight is 1990 g/mol. The number of fused-ring (bicyclic) bond motifs is 12. The third kappa shape index (κ3) is 20.4. The van der Waals surface area contributed by atoms with Gasteiger partial charge in [0.25, 0.3) is 0 Å². The van der Waals surface area contributed by atoms with Gasteiger partial charge in [0.15, 0.2) is 28.6 Å². The monoisotopic (exact) mass is 1990 g/mol. The van der Waals surface area contributed by atoms with Crippen LogP contribution < -0.4 is 30.1 Å². The minimum atomic E-state index is 0.0550. The molecule has 19 aromatic rings. The Morgan fingerprint density at radius 3 is 1.18 bits per heavy atom. The Labute approximate surface area is 853 Å². The summed E-state index contributed by atoms with van der Waals surface area (Å²) in [7, 11) is 0. The summed E-state index contributed by atoms with van der Waals surface area (Å²) in [4.78, 5) is 67.1. The highest BCUT2D eigenvalue weighted by atomic mass is 79.9. The van der Waals surface area contributed by atoms with Crippen molar-refractivity contribution in [3.63, 3.8) is 0 Å². The summed E-state index contributed by atoms with van der Waals surface area (Å²) in [6.07, 6.45) is 29.8. The molecule has 0 saturated heterocycles. The molecule has 0 aliphatic heterocycles. The summed E-state index contributed by atoms with van der Waals surface area (Å²) in [5.74, 6) is 4.13. The fourth-order valence-electron chi connectivity index (χ4n) is 21.2. The molecule has 0 atom stereocenters. The predicted molar refractivity (Wildman–Crippen MR) is 600 cm³/mol. The zero-order valence-corrected chi connectivity index (χ0v) is 85.2. The number of ether oxygens (including phenoxy) is 4. The molecule has 143 heavy (non-hydrogen) atoms. The van der Waals surface area contributed by atoms with E-state index in [-0.39, 0.29) is 34.3 Å². The quantitative estimate of drug-likeness (QED) is 0.0170. The molecule has 4 aliphatic carbocycles. The topological polar surface area (TPSA) is 169 Å². The Morgan fingerprint density at radius 2 is 0.657 bits per heavy atom. The normalized spacial score (nSPS) is 12.2. The molecule has 3 N–H and O–H groups in total. The molecule has 18 aromatic carbocycles. The number of hydrogen-bond acceptors (Lipinski definition) is 13. The number of unbranched alkanes of at least 4 members (excludes halogenated alkanes) is 20. The minimum absolute atomic E-state index is 0.0550. The van der Waals surface area contributed by atoms with Crippen LogP contribution in [0, 0.1) is 0 Å². The summed E-state index contributed by atoms with van der Waals surface area (Å²) < 4.78 is 28.5. The predicted octanol–water partition coefficient (Wildman–Crippen LogP) is 35.7. The van der Waals surface area contributed by atoms with E-state index in [1.54, 1.807) is 35.2 Å². The molecule has 0 unspecified atom stereocenters. The van der Waals surface area contributed by atoms with Crippen molar-refractivity contribution < 1.29 is 43.2 Å². The fraction of sp³-hybridized carbons (Fsp3) is 0.248. The standard InChI is InChI=1S/C31H31NO2S.C31H28O2S.C25H25BrO2.C25H26O2.C17H10O2/c1-2-3-4-5-6-11-19-34-27-20-25-21-13-7-8-14-22(21)30(33)23-15-12-16-24(29(23)25)31(27)35-28-18-10-9-17-26(28)32;1-2-3-4-5-6-11-18-33-26-19-25-20-12-7-8-14-23(20)30(32)24-17-16-22-21-13-9-10-15-27(21)34-31(26)29(22)28(24)25;1-2-3-4-5-6-9-15-28-22-16-21-17-11-7-8-12-18(17)25(27)20-14-10-13-19(23(20)21)24(22)26;1-2-3-4-5-6-9-15-27-19-16-18-11-10-14-22-24(18)23(17-19)20-12-7-8-13-21(20)25(22)26;18-11-8-10-4-3-7-14-16(10)15(9-11)12-5-1-2-6-13(12)17(14)19/h7-10,12-18,20H,2-6,11,19,32H2,1H3;7-10,12-17,19H,2-6,11,18H2,1H3;7-8,10-14,16H,2-6,9,15H2,1H3;7-8,10-14,16-17H,2-6,9,15H2,1H3;1-9,18H. The van der Waals surface area contributed by atoms with Crippen molar-refractivity contribution in [1.82, 2.24) is 0 Å². The third-order valence-corrected chi connectivity index (χ3v) is 31.6. The number of aromatic hydroxyl groups is 1. The summed E-state index contributed by atoms with van der Waals surface area (Å²) in [5, 5.41) is 26.3. The number of nitrogens with two attached hydrogens (primary N) is 1. The van der Waals surface area contributed by atoms with Gasteiger partial charge in [-0.05, 0) is 185 Å². The van der Waals surface area contributed by atoms with Crippen molar-refractivity contribution in [3.05, 3.63) is 356 Å². The number of rotatable bonds is 34. The van der Waals surface area contributed by atoms with Crippen LogP contribution in [-0.4, -0.2) is 54.7 Å². The van der Waals surface area contributed by atoms with Crippen LogP contribution in [0.3, 0.4) is 0 Å². The van der Waals surface area contributed by atoms with Crippen LogP contribution in [-0.2, 0) is 0 Å². The molecule has 0 amide bonds. The molecule has 720 valence electrons. The highest BCUT2D eigenvalue weighted by Crippen LogP contribution is 2.53. The lowest BCUT2D eigenvalue weighted by atomic mass is 9.83. The smallest absolute Gasteiger partial charge is 0.194 e. The maximum absolute atomic E-state index is 13.4. The molecule has 0 fully saturated rings. The van der Waals surface area contributed by atoms with Crippen LogP contribution in [0.25, 0.3) is 140 Å². The SMILES string of the molecule is CCCCCCCCOc1cc2c3c(cccc3c1)C(=O)c1ccccc1-2.CCCCCCCCOc1cc2c3c(cccc3c1Br)C(=O)c1ccccc1-2.CCCCCCCCOc1cc2c3c(cccc3c1Sc1ccccc1N)C(=O)c1ccccc1-2.CCCCCCCCOc1cc2c3ccccc3c(=O)c3ccc4c5ccccc5sc1c4c32.O=C1c2ccccc2-c2cc(O)cc3cccc1c23. The second kappa shape index (κ2) is 45.7. The van der Waals surface area contributed by atoms with Gasteiger partial charge in [-0.15, -0.1) is 11.3 Å². The number of phenolic OH excluding ortho intramolecular Hbond substituents is 1. The van der Waals surface area contributed by atoms with Gasteiger partial charge in [-0.1, -0.05) is 398 Å². The van der Waals surface area contributed by atoms with Gasteiger partial charge in [0.1, 0.15) is 28.7 Å². The Hall–Kier alpha value is -13.8. The summed E-state index contributed by atoms with van der Waals surface area (Å²) in [6.45, 7) is 11.8. The molecule has 11 nitrogen and oxygen atoms in total. The Balaban J connectivity index is 0.000000115. The largest absolute Gasteiger partial charge is 0.508 e. The van der Waals surface area contributed by atoms with E-state index >= 15 is 0 Å². The maximum atomic E-state index is 13.4. The lowest BCUT2D eigenvalue weighted by Gasteiger charge is -2.23. The van der Waals surface area contributed by atoms with E-state index in [9.17, 15) is 29.1 Å². The van der Waals surface area contributed by atoms with Gasteiger partial charge in [-0.25, -0.2) is 0 Å². The zero-order chi connectivity index (χ0) is 98.4. The Bertz CT molecular complexity index is 8070. The molecular weight excluding hydrogens is 1870 g/mol. The van der Waals surface area contributed by atoms with Crippen molar-refractivity contribution in [1.29, 1.82) is 0 Å². The first kappa shape index (κ1) is 98.0. The first-order chi connectivity index (χ1) is 70.2. The molecule has 4 aliphatic rings. The van der Waals surface area contributed by atoms with Crippen LogP contribution in [0.2, 0.25) is 0 Å². The second-order valence-corrected chi connectivity index (χ2v) is 40.9. The number of carbonyl (C=O) groups excluding carboxylic acids is 4. The molecule has 23 rings (SSSR count). The highest BCUT2D eigenvalue weighted by molar-refractivity contribution is 9.10. The number of benzene rings is 18.